The number of rotatable bonds is 5. The highest BCUT2D eigenvalue weighted by Crippen LogP contribution is 2.26. The number of H-pyrrole nitrogens is 1. The first-order valence-corrected chi connectivity index (χ1v) is 11.6. The number of carbonyl (C=O) groups excluding carboxylic acids is 2. The van der Waals surface area contributed by atoms with Crippen LogP contribution in [-0.4, -0.2) is 82.5 Å². The summed E-state index contributed by atoms with van der Waals surface area (Å²) in [7, 11) is 0. The number of imidazole rings is 1. The summed E-state index contributed by atoms with van der Waals surface area (Å²) in [5.74, 6) is 0.605. The van der Waals surface area contributed by atoms with Gasteiger partial charge in [-0.25, -0.2) is 9.78 Å². The Morgan fingerprint density at radius 1 is 1.00 bits per heavy atom. The number of carbonyl (C=O) groups is 2. The molecule has 0 unspecified atom stereocenters. The maximum Gasteiger partial charge on any atom is 0.410 e. The molecule has 2 aromatic rings. The van der Waals surface area contributed by atoms with E-state index in [4.69, 9.17) is 27.9 Å². The van der Waals surface area contributed by atoms with Gasteiger partial charge < -0.3 is 19.5 Å². The van der Waals surface area contributed by atoms with E-state index in [1.54, 1.807) is 29.4 Å². The predicted octanol–water partition coefficient (Wildman–Crippen LogP) is 3.38. The minimum absolute atomic E-state index is 0.104. The van der Waals surface area contributed by atoms with Crippen molar-refractivity contribution in [2.45, 2.75) is 25.4 Å². The van der Waals surface area contributed by atoms with Crippen molar-refractivity contribution in [2.75, 3.05) is 45.8 Å². The fourth-order valence-corrected chi connectivity index (χ4v) is 4.82. The molecule has 2 fully saturated rings. The zero-order valence-electron chi connectivity index (χ0n) is 17.8. The molecule has 0 saturated carbocycles. The van der Waals surface area contributed by atoms with Gasteiger partial charge in [0.15, 0.2) is 0 Å². The highest BCUT2D eigenvalue weighted by atomic mass is 35.5. The number of piperazine rings is 1. The predicted molar refractivity (Wildman–Crippen MR) is 122 cm³/mol. The first-order chi connectivity index (χ1) is 15.5. The second-order valence-electron chi connectivity index (χ2n) is 8.26. The molecule has 172 valence electrons. The van der Waals surface area contributed by atoms with Gasteiger partial charge >= 0.3 is 6.09 Å². The number of nitrogens with one attached hydrogen (secondary N) is 1. The third-order valence-electron chi connectivity index (χ3n) is 6.08. The van der Waals surface area contributed by atoms with E-state index in [2.05, 4.69) is 14.9 Å². The average molecular weight is 480 g/mol. The maximum atomic E-state index is 12.7. The van der Waals surface area contributed by atoms with Crippen LogP contribution in [0.25, 0.3) is 0 Å². The van der Waals surface area contributed by atoms with Gasteiger partial charge in [0.1, 0.15) is 6.61 Å². The Morgan fingerprint density at radius 3 is 2.28 bits per heavy atom. The monoisotopic (exact) mass is 479 g/mol. The van der Waals surface area contributed by atoms with E-state index in [-0.39, 0.29) is 12.5 Å². The second kappa shape index (κ2) is 10.6. The van der Waals surface area contributed by atoms with Crippen LogP contribution in [0.1, 0.15) is 30.0 Å². The van der Waals surface area contributed by atoms with Crippen molar-refractivity contribution < 1.29 is 14.3 Å². The molecule has 1 N–H and O–H groups in total. The quantitative estimate of drug-likeness (QED) is 0.710. The molecule has 8 nitrogen and oxygen atoms in total. The number of piperidine rings is 1. The lowest BCUT2D eigenvalue weighted by atomic mass is 9.94. The molecule has 2 amide bonds. The third-order valence-corrected chi connectivity index (χ3v) is 6.52. The molecule has 2 aliphatic rings. The Kier molecular flexibility index (Phi) is 7.55. The van der Waals surface area contributed by atoms with E-state index in [1.165, 1.54) is 5.69 Å². The number of hydrogen-bond acceptors (Lipinski definition) is 5. The molecule has 0 bridgehead atoms. The van der Waals surface area contributed by atoms with Gasteiger partial charge in [-0.15, -0.1) is 0 Å². The molecule has 0 radical (unpaired) electrons. The summed E-state index contributed by atoms with van der Waals surface area (Å²) in [4.78, 5) is 38.1. The van der Waals surface area contributed by atoms with Gasteiger partial charge in [-0.2, -0.15) is 0 Å². The zero-order valence-corrected chi connectivity index (χ0v) is 19.3. The molecule has 0 atom stereocenters. The molecular formula is C22H27Cl2N5O3. The fraction of sp³-hybridized carbons (Fsp3) is 0.500. The van der Waals surface area contributed by atoms with Crippen LogP contribution in [0.3, 0.4) is 0 Å². The number of likely N-dealkylation sites (tertiary alicyclic amines) is 1. The van der Waals surface area contributed by atoms with Crippen molar-refractivity contribution in [3.05, 3.63) is 52.0 Å². The Balaban J connectivity index is 1.17. The van der Waals surface area contributed by atoms with Crippen molar-refractivity contribution in [1.82, 2.24) is 24.7 Å². The number of aromatic nitrogens is 2. The number of nitrogens with zero attached hydrogens (tertiary/aromatic N) is 4. The molecule has 1 aromatic carbocycles. The van der Waals surface area contributed by atoms with E-state index >= 15 is 0 Å². The Labute approximate surface area is 197 Å². The standard InChI is InChI=1S/C22H27Cl2N5O3/c23-18-9-16(10-19(24)11-18)14-32-22(31)29-7-5-28(6-8-29)21(30)13-27-3-1-17(2-4-27)20-12-25-15-26-20/h9-12,15,17H,1-8,13-14H2,(H,25,26). The first kappa shape index (κ1) is 22.9. The van der Waals surface area contributed by atoms with Crippen LogP contribution in [0.4, 0.5) is 4.79 Å². The molecule has 0 spiro atoms. The van der Waals surface area contributed by atoms with Gasteiger partial charge in [-0.1, -0.05) is 23.2 Å². The third kappa shape index (κ3) is 5.94. The Morgan fingerprint density at radius 2 is 1.66 bits per heavy atom. The lowest BCUT2D eigenvalue weighted by Crippen LogP contribution is -2.53. The summed E-state index contributed by atoms with van der Waals surface area (Å²) in [5, 5.41) is 1.00. The Hall–Kier alpha value is -2.29. The normalized spacial score (nSPS) is 18.1. The van der Waals surface area contributed by atoms with E-state index < -0.39 is 6.09 Å². The second-order valence-corrected chi connectivity index (χ2v) is 9.13. The van der Waals surface area contributed by atoms with Crippen molar-refractivity contribution in [3.8, 4) is 0 Å². The fourth-order valence-electron chi connectivity index (χ4n) is 4.25. The molecular weight excluding hydrogens is 453 g/mol. The van der Waals surface area contributed by atoms with Crippen molar-refractivity contribution in [2.24, 2.45) is 0 Å². The molecule has 1 aromatic heterocycles. The molecule has 0 aliphatic carbocycles. The van der Waals surface area contributed by atoms with Crippen LogP contribution in [0, 0.1) is 0 Å². The largest absolute Gasteiger partial charge is 0.445 e. The van der Waals surface area contributed by atoms with Crippen molar-refractivity contribution in [1.29, 1.82) is 0 Å². The summed E-state index contributed by atoms with van der Waals surface area (Å²) in [6, 6.07) is 5.07. The maximum absolute atomic E-state index is 12.7. The number of hydrogen-bond donors (Lipinski definition) is 1. The lowest BCUT2D eigenvalue weighted by Gasteiger charge is -2.36. The molecule has 3 heterocycles. The number of amides is 2. The summed E-state index contributed by atoms with van der Waals surface area (Å²) in [6.07, 6.45) is 5.25. The molecule has 2 aliphatic heterocycles. The summed E-state index contributed by atoms with van der Waals surface area (Å²) < 4.78 is 5.39. The van der Waals surface area contributed by atoms with Crippen LogP contribution >= 0.6 is 23.2 Å². The summed E-state index contributed by atoms with van der Waals surface area (Å²) in [6.45, 7) is 4.28. The van der Waals surface area contributed by atoms with Crippen LogP contribution in [0.2, 0.25) is 10.0 Å². The Bertz CT molecular complexity index is 903. The zero-order chi connectivity index (χ0) is 22.5. The van der Waals surface area contributed by atoms with Gasteiger partial charge in [0.05, 0.1) is 12.9 Å². The molecule has 32 heavy (non-hydrogen) atoms. The van der Waals surface area contributed by atoms with E-state index in [0.717, 1.165) is 31.5 Å². The van der Waals surface area contributed by atoms with Crippen LogP contribution in [0.5, 0.6) is 0 Å². The van der Waals surface area contributed by atoms with E-state index in [0.29, 0.717) is 48.7 Å². The minimum atomic E-state index is -0.394. The van der Waals surface area contributed by atoms with Crippen LogP contribution in [-0.2, 0) is 16.1 Å². The highest BCUT2D eigenvalue weighted by molar-refractivity contribution is 6.34. The molecule has 4 rings (SSSR count). The number of benzene rings is 1. The van der Waals surface area contributed by atoms with E-state index in [1.807, 2.05) is 11.1 Å². The smallest absolute Gasteiger partial charge is 0.410 e. The van der Waals surface area contributed by atoms with Crippen molar-refractivity contribution >= 4 is 35.2 Å². The average Bonchev–Trinajstić information content (AvgIpc) is 3.32. The van der Waals surface area contributed by atoms with Crippen LogP contribution < -0.4 is 0 Å². The van der Waals surface area contributed by atoms with Gasteiger partial charge in [0.25, 0.3) is 0 Å². The topological polar surface area (TPSA) is 81.8 Å². The first-order valence-electron chi connectivity index (χ1n) is 10.8. The van der Waals surface area contributed by atoms with Gasteiger partial charge in [-0.3, -0.25) is 9.69 Å². The minimum Gasteiger partial charge on any atom is -0.445 e. The number of ether oxygens (including phenoxy) is 1. The van der Waals surface area contributed by atoms with Crippen LogP contribution in [0.15, 0.2) is 30.7 Å². The van der Waals surface area contributed by atoms with Gasteiger partial charge in [0.2, 0.25) is 5.91 Å². The molecule has 10 heteroatoms. The summed E-state index contributed by atoms with van der Waals surface area (Å²) >= 11 is 12.0. The van der Waals surface area contributed by atoms with Gasteiger partial charge in [-0.05, 0) is 49.7 Å². The SMILES string of the molecule is O=C(CN1CCC(c2cnc[nH]2)CC1)N1CCN(C(=O)OCc2cc(Cl)cc(Cl)c2)CC1. The number of aromatic amines is 1. The lowest BCUT2D eigenvalue weighted by molar-refractivity contribution is -0.134. The number of halogens is 2. The van der Waals surface area contributed by atoms with Gasteiger partial charge in [0, 0.05) is 54.0 Å². The molecule has 2 saturated heterocycles. The van der Waals surface area contributed by atoms with Crippen molar-refractivity contribution in [3.63, 3.8) is 0 Å². The highest BCUT2D eigenvalue weighted by Gasteiger charge is 2.28. The summed E-state index contributed by atoms with van der Waals surface area (Å²) in [5.41, 5.74) is 1.92. The van der Waals surface area contributed by atoms with E-state index in [9.17, 15) is 9.59 Å².